The number of benzene rings is 1. The highest BCUT2D eigenvalue weighted by Gasteiger charge is 2.38. The Balaban J connectivity index is 1.56. The Labute approximate surface area is 186 Å². The van der Waals surface area contributed by atoms with Gasteiger partial charge in [0.15, 0.2) is 11.6 Å². The summed E-state index contributed by atoms with van der Waals surface area (Å²) in [7, 11) is 1.57. The summed E-state index contributed by atoms with van der Waals surface area (Å²) in [4.78, 5) is 8.48. The number of anilines is 3. The molecule has 3 heterocycles. The third-order valence-corrected chi connectivity index (χ3v) is 5.27. The van der Waals surface area contributed by atoms with Gasteiger partial charge in [-0.15, -0.1) is 5.10 Å². The fourth-order valence-electron chi connectivity index (χ4n) is 4.46. The first-order valence-electron chi connectivity index (χ1n) is 10.4. The van der Waals surface area contributed by atoms with E-state index in [0.717, 1.165) is 19.0 Å². The van der Waals surface area contributed by atoms with Gasteiger partial charge in [-0.05, 0) is 57.0 Å². The maximum Gasteiger partial charge on any atom is 0.229 e. The number of hydrogen-bond acceptors (Lipinski definition) is 9. The van der Waals surface area contributed by atoms with E-state index in [0.29, 0.717) is 17.1 Å². The monoisotopic (exact) mass is 441 g/mol. The highest BCUT2D eigenvalue weighted by atomic mass is 19.1. The van der Waals surface area contributed by atoms with Crippen LogP contribution in [0.4, 0.5) is 21.8 Å². The second kappa shape index (κ2) is 8.30. The van der Waals surface area contributed by atoms with Gasteiger partial charge in [-0.1, -0.05) is 0 Å². The zero-order valence-electron chi connectivity index (χ0n) is 18.8. The smallest absolute Gasteiger partial charge is 0.229 e. The van der Waals surface area contributed by atoms with Crippen molar-refractivity contribution in [3.63, 3.8) is 0 Å². The van der Waals surface area contributed by atoms with Gasteiger partial charge in [0.05, 0.1) is 19.0 Å². The summed E-state index contributed by atoms with van der Waals surface area (Å²) in [5, 5.41) is 21.2. The average molecular weight is 442 g/mol. The standard InChI is InChI=1S/C21H28FN9O/c1-20(2)9-14(10-21(3,4)28-20)25-18-17(22)11-23-19(27-18)26-13-6-15(8-16(7-13)32-5)31-12-24-29-30-31/h6-8,11-12,14,28H,9-10H2,1-5H3,(H2,23,25,26,27). The van der Waals surface area contributed by atoms with E-state index in [1.165, 1.54) is 11.0 Å². The number of nitrogens with one attached hydrogen (secondary N) is 3. The van der Waals surface area contributed by atoms with E-state index in [1.807, 2.05) is 6.07 Å². The van der Waals surface area contributed by atoms with Crippen molar-refractivity contribution < 1.29 is 9.13 Å². The lowest BCUT2D eigenvalue weighted by molar-refractivity contribution is 0.170. The normalized spacial score (nSPS) is 17.7. The molecule has 1 fully saturated rings. The molecule has 0 spiro atoms. The molecule has 3 aromatic rings. The van der Waals surface area contributed by atoms with Crippen molar-refractivity contribution >= 4 is 17.5 Å². The Bertz CT molecular complexity index is 1070. The molecule has 3 N–H and O–H groups in total. The van der Waals surface area contributed by atoms with Crippen LogP contribution in [0.5, 0.6) is 5.75 Å². The zero-order chi connectivity index (χ0) is 22.9. The summed E-state index contributed by atoms with van der Waals surface area (Å²) in [6, 6.07) is 5.46. The molecule has 32 heavy (non-hydrogen) atoms. The van der Waals surface area contributed by atoms with Crippen molar-refractivity contribution in [3.05, 3.63) is 36.5 Å². The minimum atomic E-state index is -0.496. The summed E-state index contributed by atoms with van der Waals surface area (Å²) >= 11 is 0. The van der Waals surface area contributed by atoms with Gasteiger partial charge < -0.3 is 20.7 Å². The Hall–Kier alpha value is -3.34. The molecule has 2 aromatic heterocycles. The third-order valence-electron chi connectivity index (χ3n) is 5.27. The van der Waals surface area contributed by atoms with E-state index >= 15 is 0 Å². The number of nitrogens with zero attached hydrogens (tertiary/aromatic N) is 6. The molecule has 10 nitrogen and oxygen atoms in total. The Morgan fingerprint density at radius 3 is 2.56 bits per heavy atom. The van der Waals surface area contributed by atoms with Crippen LogP contribution in [-0.2, 0) is 0 Å². The van der Waals surface area contributed by atoms with E-state index in [4.69, 9.17) is 4.74 Å². The van der Waals surface area contributed by atoms with E-state index in [2.05, 4.69) is 69.1 Å². The molecule has 11 heteroatoms. The average Bonchev–Trinajstić information content (AvgIpc) is 3.23. The number of ether oxygens (including phenoxy) is 1. The van der Waals surface area contributed by atoms with Crippen LogP contribution in [0.3, 0.4) is 0 Å². The lowest BCUT2D eigenvalue weighted by atomic mass is 9.79. The largest absolute Gasteiger partial charge is 0.497 e. The molecule has 0 unspecified atom stereocenters. The topological polar surface area (TPSA) is 115 Å². The summed E-state index contributed by atoms with van der Waals surface area (Å²) in [6.45, 7) is 8.60. The van der Waals surface area contributed by atoms with Gasteiger partial charge >= 0.3 is 0 Å². The fourth-order valence-corrected chi connectivity index (χ4v) is 4.46. The van der Waals surface area contributed by atoms with Crippen LogP contribution in [0.2, 0.25) is 0 Å². The highest BCUT2D eigenvalue weighted by molar-refractivity contribution is 5.61. The molecule has 0 aliphatic carbocycles. The summed E-state index contributed by atoms with van der Waals surface area (Å²) in [5.74, 6) is 0.534. The minimum Gasteiger partial charge on any atom is -0.497 e. The van der Waals surface area contributed by atoms with E-state index in [-0.39, 0.29) is 28.9 Å². The number of piperidine rings is 1. The molecule has 1 saturated heterocycles. The van der Waals surface area contributed by atoms with Gasteiger partial charge in [-0.3, -0.25) is 0 Å². The van der Waals surface area contributed by atoms with Gasteiger partial charge in [0.25, 0.3) is 0 Å². The first kappa shape index (κ1) is 21.9. The van der Waals surface area contributed by atoms with Crippen LogP contribution in [0.25, 0.3) is 5.69 Å². The van der Waals surface area contributed by atoms with Crippen molar-refractivity contribution in [3.8, 4) is 11.4 Å². The Morgan fingerprint density at radius 2 is 1.91 bits per heavy atom. The molecule has 170 valence electrons. The van der Waals surface area contributed by atoms with E-state index in [9.17, 15) is 4.39 Å². The predicted molar refractivity (Wildman–Crippen MR) is 119 cm³/mol. The lowest BCUT2D eigenvalue weighted by Gasteiger charge is -2.46. The Morgan fingerprint density at radius 1 is 1.16 bits per heavy atom. The van der Waals surface area contributed by atoms with E-state index < -0.39 is 5.82 Å². The van der Waals surface area contributed by atoms with Crippen LogP contribution in [0.15, 0.2) is 30.7 Å². The number of hydrogen-bond donors (Lipinski definition) is 3. The van der Waals surface area contributed by atoms with E-state index in [1.54, 1.807) is 19.2 Å². The van der Waals surface area contributed by atoms with Crippen molar-refractivity contribution in [2.75, 3.05) is 17.7 Å². The third kappa shape index (κ3) is 5.10. The highest BCUT2D eigenvalue weighted by Crippen LogP contribution is 2.31. The lowest BCUT2D eigenvalue weighted by Crippen LogP contribution is -2.60. The first-order chi connectivity index (χ1) is 15.1. The second-order valence-electron chi connectivity index (χ2n) is 9.33. The van der Waals surface area contributed by atoms with Crippen LogP contribution in [-0.4, -0.2) is 54.4 Å². The van der Waals surface area contributed by atoms with Crippen LogP contribution in [0, 0.1) is 5.82 Å². The minimum absolute atomic E-state index is 0.0711. The molecular weight excluding hydrogens is 413 g/mol. The first-order valence-corrected chi connectivity index (χ1v) is 10.4. The van der Waals surface area contributed by atoms with Crippen molar-refractivity contribution in [2.24, 2.45) is 0 Å². The summed E-state index contributed by atoms with van der Waals surface area (Å²) < 4.78 is 21.4. The van der Waals surface area contributed by atoms with Crippen LogP contribution in [0.1, 0.15) is 40.5 Å². The maximum atomic E-state index is 14.5. The van der Waals surface area contributed by atoms with Crippen molar-refractivity contribution in [1.29, 1.82) is 0 Å². The fraction of sp³-hybridized carbons (Fsp3) is 0.476. The molecule has 1 aliphatic heterocycles. The summed E-state index contributed by atoms with van der Waals surface area (Å²) in [6.07, 6.45) is 4.33. The van der Waals surface area contributed by atoms with Crippen LogP contribution < -0.4 is 20.7 Å². The molecule has 0 saturated carbocycles. The Kier molecular flexibility index (Phi) is 5.68. The quantitative estimate of drug-likeness (QED) is 0.531. The number of halogens is 1. The number of methoxy groups -OCH3 is 1. The molecule has 0 atom stereocenters. The number of rotatable bonds is 6. The van der Waals surface area contributed by atoms with Crippen molar-refractivity contribution in [2.45, 2.75) is 57.7 Å². The molecular formula is C21H28FN9O. The number of tetrazole rings is 1. The second-order valence-corrected chi connectivity index (χ2v) is 9.33. The molecule has 1 aromatic carbocycles. The molecule has 1 aliphatic rings. The molecule has 0 bridgehead atoms. The predicted octanol–water partition coefficient (Wildman–Crippen LogP) is 3.06. The van der Waals surface area contributed by atoms with Crippen LogP contribution >= 0.6 is 0 Å². The molecule has 4 rings (SSSR count). The van der Waals surface area contributed by atoms with Gasteiger partial charge in [0.1, 0.15) is 12.1 Å². The van der Waals surface area contributed by atoms with Gasteiger partial charge in [-0.2, -0.15) is 4.98 Å². The molecule has 0 amide bonds. The summed E-state index contributed by atoms with van der Waals surface area (Å²) in [5.41, 5.74) is 1.20. The van der Waals surface area contributed by atoms with Gasteiger partial charge in [0, 0.05) is 34.9 Å². The van der Waals surface area contributed by atoms with Crippen molar-refractivity contribution in [1.82, 2.24) is 35.5 Å². The zero-order valence-corrected chi connectivity index (χ0v) is 18.8. The SMILES string of the molecule is COc1cc(Nc2ncc(F)c(NC3CC(C)(C)NC(C)(C)C3)n2)cc(-n2cnnn2)c1. The maximum absolute atomic E-state index is 14.5. The van der Waals surface area contributed by atoms with Gasteiger partial charge in [0.2, 0.25) is 5.95 Å². The van der Waals surface area contributed by atoms with Gasteiger partial charge in [-0.25, -0.2) is 14.1 Å². The number of aromatic nitrogens is 6. The molecule has 0 radical (unpaired) electrons.